The summed E-state index contributed by atoms with van der Waals surface area (Å²) in [5.74, 6) is 0. The van der Waals surface area contributed by atoms with Crippen molar-refractivity contribution in [3.63, 3.8) is 0 Å². The lowest BCUT2D eigenvalue weighted by Gasteiger charge is -2.30. The Morgan fingerprint density at radius 2 is 0.778 bits per heavy atom. The molecule has 0 unspecified atom stereocenters. The molecule has 0 saturated heterocycles. The first-order valence-electron chi connectivity index (χ1n) is 21.9. The number of hydrogen-bond acceptors (Lipinski definition) is 2. The van der Waals surface area contributed by atoms with Gasteiger partial charge >= 0.3 is 0 Å². The molecule has 0 amide bonds. The van der Waals surface area contributed by atoms with Gasteiger partial charge in [0.1, 0.15) is 0 Å². The average Bonchev–Trinajstić information content (AvgIpc) is 3.59. The minimum absolute atomic E-state index is 0.0811. The second-order valence-electron chi connectivity index (χ2n) is 16.9. The van der Waals surface area contributed by atoms with Crippen molar-refractivity contribution in [2.24, 2.45) is 0 Å². The molecule has 10 aromatic carbocycles. The molecule has 1 aliphatic rings. The summed E-state index contributed by atoms with van der Waals surface area (Å²) in [6.07, 6.45) is 0. The van der Waals surface area contributed by atoms with Gasteiger partial charge in [0.2, 0.25) is 0 Å². The Kier molecular flexibility index (Phi) is 9.55. The van der Waals surface area contributed by atoms with Crippen LogP contribution in [0.1, 0.15) is 25.0 Å². The molecule has 0 fully saturated rings. The molecule has 2 heteroatoms. The van der Waals surface area contributed by atoms with E-state index in [1.807, 2.05) is 0 Å². The van der Waals surface area contributed by atoms with Gasteiger partial charge in [-0.3, -0.25) is 0 Å². The fourth-order valence-corrected chi connectivity index (χ4v) is 9.82. The number of anilines is 6. The fraction of sp³-hybridized carbons (Fsp3) is 0.0492. The molecule has 0 N–H and O–H groups in total. The lowest BCUT2D eigenvalue weighted by atomic mass is 9.82. The van der Waals surface area contributed by atoms with Crippen molar-refractivity contribution in [2.45, 2.75) is 19.3 Å². The summed E-state index contributed by atoms with van der Waals surface area (Å²) in [5, 5.41) is 2.44. The average molecular weight is 807 g/mol. The third-order valence-electron chi connectivity index (χ3n) is 12.9. The summed E-state index contributed by atoms with van der Waals surface area (Å²) in [6.45, 7) is 4.69. The van der Waals surface area contributed by atoms with Gasteiger partial charge in [0.15, 0.2) is 0 Å². The molecular formula is C61H46N2. The summed E-state index contributed by atoms with van der Waals surface area (Å²) in [6, 6.07) is 88.1. The highest BCUT2D eigenvalue weighted by molar-refractivity contribution is 6.06. The van der Waals surface area contributed by atoms with Gasteiger partial charge in [-0.25, -0.2) is 0 Å². The Labute approximate surface area is 370 Å². The van der Waals surface area contributed by atoms with Crippen LogP contribution >= 0.6 is 0 Å². The lowest BCUT2D eigenvalue weighted by molar-refractivity contribution is 0.660. The molecule has 0 heterocycles. The maximum Gasteiger partial charge on any atom is 0.0546 e. The van der Waals surface area contributed by atoms with Gasteiger partial charge in [0, 0.05) is 39.2 Å². The van der Waals surface area contributed by atoms with Crippen LogP contribution in [-0.4, -0.2) is 0 Å². The third kappa shape index (κ3) is 6.68. The van der Waals surface area contributed by atoms with Crippen LogP contribution in [0.3, 0.4) is 0 Å². The number of benzene rings is 10. The zero-order valence-corrected chi connectivity index (χ0v) is 35.5. The lowest BCUT2D eigenvalue weighted by Crippen LogP contribution is -2.16. The molecule has 0 aromatic heterocycles. The van der Waals surface area contributed by atoms with Crippen molar-refractivity contribution >= 4 is 44.9 Å². The van der Waals surface area contributed by atoms with Crippen LogP contribution in [0.4, 0.5) is 34.1 Å². The standard InChI is InChI=1S/C61H46N2/c1-61(2)54-29-16-14-28-53(54)60-55(61)30-18-32-57(60)62(48-22-8-4-9-23-48)50-40-37-44(38-41-50)43-33-35-46(36-34-43)51-26-15-17-31-56(51)63(49-24-10-5-11-25-49)58-42-39-45-19-12-13-27-52(45)59(58)47-20-6-3-7-21-47/h3-42H,1-2H3. The van der Waals surface area contributed by atoms with Gasteiger partial charge in [-0.15, -0.1) is 0 Å². The quantitative estimate of drug-likeness (QED) is 0.143. The minimum atomic E-state index is -0.0811. The highest BCUT2D eigenvalue weighted by Gasteiger charge is 2.37. The SMILES string of the molecule is CC1(C)c2ccccc2-c2c(N(c3ccccc3)c3ccc(-c4ccc(-c5ccccc5N(c5ccccc5)c5ccc6ccccc6c5-c5ccccc5)cc4)cc3)cccc21. The van der Waals surface area contributed by atoms with E-state index in [2.05, 4.69) is 266 Å². The summed E-state index contributed by atoms with van der Waals surface area (Å²) >= 11 is 0. The number of para-hydroxylation sites is 3. The molecule has 300 valence electrons. The zero-order valence-electron chi connectivity index (χ0n) is 35.5. The van der Waals surface area contributed by atoms with Crippen LogP contribution in [-0.2, 0) is 5.41 Å². The summed E-state index contributed by atoms with van der Waals surface area (Å²) in [4.78, 5) is 4.84. The number of fused-ring (bicyclic) bond motifs is 4. The Balaban J connectivity index is 0.973. The highest BCUT2D eigenvalue weighted by Crippen LogP contribution is 2.54. The molecule has 1 aliphatic carbocycles. The van der Waals surface area contributed by atoms with E-state index in [0.29, 0.717) is 0 Å². The van der Waals surface area contributed by atoms with E-state index in [1.165, 1.54) is 61.0 Å². The van der Waals surface area contributed by atoms with Crippen LogP contribution in [0.15, 0.2) is 243 Å². The molecule has 0 bridgehead atoms. The summed E-state index contributed by atoms with van der Waals surface area (Å²) in [7, 11) is 0. The van der Waals surface area contributed by atoms with E-state index in [-0.39, 0.29) is 5.41 Å². The van der Waals surface area contributed by atoms with Crippen molar-refractivity contribution in [3.05, 3.63) is 254 Å². The van der Waals surface area contributed by atoms with Crippen molar-refractivity contribution in [2.75, 3.05) is 9.80 Å². The summed E-state index contributed by atoms with van der Waals surface area (Å²) in [5.41, 5.74) is 19.1. The molecule has 0 saturated carbocycles. The number of rotatable bonds is 9. The first-order chi connectivity index (χ1) is 31.0. The van der Waals surface area contributed by atoms with Gasteiger partial charge in [-0.05, 0) is 104 Å². The van der Waals surface area contributed by atoms with Gasteiger partial charge in [-0.1, -0.05) is 202 Å². The third-order valence-corrected chi connectivity index (χ3v) is 12.9. The zero-order chi connectivity index (χ0) is 42.3. The van der Waals surface area contributed by atoms with E-state index >= 15 is 0 Å². The number of nitrogens with zero attached hydrogens (tertiary/aromatic N) is 2. The first-order valence-corrected chi connectivity index (χ1v) is 21.9. The van der Waals surface area contributed by atoms with Crippen LogP contribution in [0, 0.1) is 0 Å². The second kappa shape index (κ2) is 15.8. The van der Waals surface area contributed by atoms with Crippen LogP contribution in [0.5, 0.6) is 0 Å². The molecule has 63 heavy (non-hydrogen) atoms. The van der Waals surface area contributed by atoms with Gasteiger partial charge in [-0.2, -0.15) is 0 Å². The van der Waals surface area contributed by atoms with Gasteiger partial charge in [0.05, 0.1) is 17.1 Å². The van der Waals surface area contributed by atoms with Gasteiger partial charge < -0.3 is 9.80 Å². The van der Waals surface area contributed by atoms with E-state index in [0.717, 1.165) is 39.6 Å². The molecular weight excluding hydrogens is 761 g/mol. The predicted octanol–water partition coefficient (Wildman–Crippen LogP) is 17.1. The molecule has 10 aromatic rings. The number of hydrogen-bond donors (Lipinski definition) is 0. The van der Waals surface area contributed by atoms with Gasteiger partial charge in [0.25, 0.3) is 0 Å². The molecule has 11 rings (SSSR count). The highest BCUT2D eigenvalue weighted by atomic mass is 15.2. The van der Waals surface area contributed by atoms with E-state index in [4.69, 9.17) is 0 Å². The predicted molar refractivity (Wildman–Crippen MR) is 267 cm³/mol. The second-order valence-corrected chi connectivity index (χ2v) is 16.9. The maximum absolute atomic E-state index is 2.43. The van der Waals surface area contributed by atoms with Crippen molar-refractivity contribution in [1.82, 2.24) is 0 Å². The van der Waals surface area contributed by atoms with Crippen LogP contribution in [0.2, 0.25) is 0 Å². The Bertz CT molecular complexity index is 3230. The molecule has 0 aliphatic heterocycles. The Morgan fingerprint density at radius 1 is 0.286 bits per heavy atom. The van der Waals surface area contributed by atoms with E-state index in [1.54, 1.807) is 0 Å². The Morgan fingerprint density at radius 3 is 1.49 bits per heavy atom. The monoisotopic (exact) mass is 806 g/mol. The fourth-order valence-electron chi connectivity index (χ4n) is 9.82. The van der Waals surface area contributed by atoms with E-state index < -0.39 is 0 Å². The summed E-state index contributed by atoms with van der Waals surface area (Å²) < 4.78 is 0. The minimum Gasteiger partial charge on any atom is -0.310 e. The Hall–Kier alpha value is -7.94. The van der Waals surface area contributed by atoms with Crippen molar-refractivity contribution < 1.29 is 0 Å². The largest absolute Gasteiger partial charge is 0.310 e. The van der Waals surface area contributed by atoms with Crippen molar-refractivity contribution in [1.29, 1.82) is 0 Å². The van der Waals surface area contributed by atoms with Crippen molar-refractivity contribution in [3.8, 4) is 44.5 Å². The van der Waals surface area contributed by atoms with Crippen LogP contribution < -0.4 is 9.80 Å². The van der Waals surface area contributed by atoms with E-state index in [9.17, 15) is 0 Å². The smallest absolute Gasteiger partial charge is 0.0546 e. The first kappa shape index (κ1) is 38.0. The molecule has 0 radical (unpaired) electrons. The molecule has 2 nitrogen and oxygen atoms in total. The maximum atomic E-state index is 2.43. The van der Waals surface area contributed by atoms with Crippen LogP contribution in [0.25, 0.3) is 55.3 Å². The molecule has 0 spiro atoms. The molecule has 0 atom stereocenters. The topological polar surface area (TPSA) is 6.48 Å². The normalized spacial score (nSPS) is 12.4.